The number of hydrogen-bond donors (Lipinski definition) is 3. The number of hydrogen-bond acceptors (Lipinski definition) is 7. The SMILES string of the molecule is CC(O)CC(=O)N1CCC(CC#N)(n2cc(C(N)=O)c(Nc3ccnc(F)c3)n2)CC1. The van der Waals surface area contributed by atoms with Gasteiger partial charge in [0, 0.05) is 37.2 Å². The number of aliphatic hydroxyl groups is 1. The van der Waals surface area contributed by atoms with Crippen LogP contribution in [-0.2, 0) is 10.3 Å². The minimum absolute atomic E-state index is 0.0371. The highest BCUT2D eigenvalue weighted by atomic mass is 19.1. The highest BCUT2D eigenvalue weighted by molar-refractivity contribution is 5.98. The Labute approximate surface area is 178 Å². The molecule has 2 amide bonds. The number of piperidine rings is 1. The van der Waals surface area contributed by atoms with E-state index in [1.165, 1.54) is 18.5 Å². The summed E-state index contributed by atoms with van der Waals surface area (Å²) in [5, 5.41) is 26.2. The molecule has 31 heavy (non-hydrogen) atoms. The van der Waals surface area contributed by atoms with Crippen LogP contribution in [0, 0.1) is 17.3 Å². The molecule has 0 saturated carbocycles. The maximum Gasteiger partial charge on any atom is 0.254 e. The Morgan fingerprint density at radius 1 is 1.45 bits per heavy atom. The fraction of sp³-hybridized carbons (Fsp3) is 0.450. The van der Waals surface area contributed by atoms with Crippen LogP contribution in [0.4, 0.5) is 15.9 Å². The van der Waals surface area contributed by atoms with Gasteiger partial charge in [0.25, 0.3) is 5.91 Å². The van der Waals surface area contributed by atoms with Gasteiger partial charge in [-0.1, -0.05) is 0 Å². The summed E-state index contributed by atoms with van der Waals surface area (Å²) in [5.41, 5.74) is 5.21. The zero-order chi connectivity index (χ0) is 22.6. The molecule has 3 heterocycles. The number of aliphatic hydroxyl groups excluding tert-OH is 1. The molecule has 0 aromatic carbocycles. The van der Waals surface area contributed by atoms with Crippen molar-refractivity contribution in [1.82, 2.24) is 19.7 Å². The number of halogens is 1. The molecule has 0 aliphatic carbocycles. The summed E-state index contributed by atoms with van der Waals surface area (Å²) in [6.07, 6.45) is 3.06. The lowest BCUT2D eigenvalue weighted by Crippen LogP contribution is -2.48. The van der Waals surface area contributed by atoms with Gasteiger partial charge in [0.2, 0.25) is 11.9 Å². The van der Waals surface area contributed by atoms with Crippen molar-refractivity contribution < 1.29 is 19.1 Å². The van der Waals surface area contributed by atoms with Crippen LogP contribution in [0.25, 0.3) is 0 Å². The predicted octanol–water partition coefficient (Wildman–Crippen LogP) is 1.26. The van der Waals surface area contributed by atoms with Crippen LogP contribution in [-0.4, -0.2) is 55.8 Å². The number of nitriles is 1. The number of amides is 2. The van der Waals surface area contributed by atoms with Crippen LogP contribution in [0.2, 0.25) is 0 Å². The lowest BCUT2D eigenvalue weighted by molar-refractivity contribution is -0.135. The maximum atomic E-state index is 13.4. The number of rotatable bonds is 7. The van der Waals surface area contributed by atoms with Gasteiger partial charge in [0.05, 0.1) is 30.6 Å². The van der Waals surface area contributed by atoms with E-state index in [1.54, 1.807) is 16.5 Å². The van der Waals surface area contributed by atoms with Crippen molar-refractivity contribution in [2.24, 2.45) is 5.73 Å². The Balaban J connectivity index is 1.87. The molecule has 1 saturated heterocycles. The molecule has 4 N–H and O–H groups in total. The summed E-state index contributed by atoms with van der Waals surface area (Å²) in [6.45, 7) is 2.33. The summed E-state index contributed by atoms with van der Waals surface area (Å²) < 4.78 is 15.0. The van der Waals surface area contributed by atoms with Crippen molar-refractivity contribution in [3.63, 3.8) is 0 Å². The lowest BCUT2D eigenvalue weighted by Gasteiger charge is -2.41. The zero-order valence-corrected chi connectivity index (χ0v) is 17.1. The topological polar surface area (TPSA) is 150 Å². The minimum atomic E-state index is -0.732. The first-order valence-electron chi connectivity index (χ1n) is 9.85. The second-order valence-electron chi connectivity index (χ2n) is 7.69. The molecule has 0 bridgehead atoms. The number of likely N-dealkylation sites (tertiary alicyclic amines) is 1. The predicted molar refractivity (Wildman–Crippen MR) is 109 cm³/mol. The summed E-state index contributed by atoms with van der Waals surface area (Å²) in [6, 6.07) is 4.84. The van der Waals surface area contributed by atoms with Gasteiger partial charge in [-0.05, 0) is 25.8 Å². The Morgan fingerprint density at radius 2 is 2.16 bits per heavy atom. The first-order valence-corrected chi connectivity index (χ1v) is 9.85. The van der Waals surface area contributed by atoms with Crippen molar-refractivity contribution in [3.8, 4) is 6.07 Å². The van der Waals surface area contributed by atoms with Gasteiger partial charge >= 0.3 is 0 Å². The molecular formula is C20H24FN7O3. The molecule has 11 heteroatoms. The number of nitrogens with one attached hydrogen (secondary N) is 1. The average molecular weight is 429 g/mol. The molecule has 3 rings (SSSR count). The third-order valence-corrected chi connectivity index (χ3v) is 5.38. The maximum absolute atomic E-state index is 13.4. The highest BCUT2D eigenvalue weighted by Gasteiger charge is 2.39. The molecule has 0 radical (unpaired) electrons. The number of nitrogens with two attached hydrogens (primary N) is 1. The first kappa shape index (κ1) is 22.2. The van der Waals surface area contributed by atoms with Crippen LogP contribution < -0.4 is 11.1 Å². The number of primary amides is 1. The minimum Gasteiger partial charge on any atom is -0.393 e. The zero-order valence-electron chi connectivity index (χ0n) is 17.1. The molecule has 1 aliphatic rings. The van der Waals surface area contributed by atoms with E-state index in [0.717, 1.165) is 6.07 Å². The van der Waals surface area contributed by atoms with Crippen molar-refractivity contribution >= 4 is 23.3 Å². The number of anilines is 2. The van der Waals surface area contributed by atoms with Gasteiger partial charge in [0.15, 0.2) is 5.82 Å². The number of carbonyl (C=O) groups excluding carboxylic acids is 2. The van der Waals surface area contributed by atoms with Gasteiger partial charge in [-0.3, -0.25) is 14.3 Å². The van der Waals surface area contributed by atoms with E-state index in [1.807, 2.05) is 0 Å². The fourth-order valence-corrected chi connectivity index (χ4v) is 3.69. The number of nitrogens with zero attached hydrogens (tertiary/aromatic N) is 5. The molecule has 1 atom stereocenters. The molecule has 0 spiro atoms. The molecule has 164 valence electrons. The van der Waals surface area contributed by atoms with Gasteiger partial charge < -0.3 is 21.1 Å². The Hall–Kier alpha value is -3.52. The Bertz CT molecular complexity index is 1010. The smallest absolute Gasteiger partial charge is 0.254 e. The van der Waals surface area contributed by atoms with E-state index in [0.29, 0.717) is 31.6 Å². The molecule has 1 aliphatic heterocycles. The third kappa shape index (κ3) is 4.97. The summed E-state index contributed by atoms with van der Waals surface area (Å²) >= 11 is 0. The summed E-state index contributed by atoms with van der Waals surface area (Å²) in [7, 11) is 0. The second-order valence-corrected chi connectivity index (χ2v) is 7.69. The van der Waals surface area contributed by atoms with Gasteiger partial charge in [-0.15, -0.1) is 0 Å². The van der Waals surface area contributed by atoms with Crippen LogP contribution in [0.3, 0.4) is 0 Å². The summed E-state index contributed by atoms with van der Waals surface area (Å²) in [4.78, 5) is 29.4. The molecule has 2 aromatic rings. The largest absolute Gasteiger partial charge is 0.393 e. The van der Waals surface area contributed by atoms with Crippen LogP contribution >= 0.6 is 0 Å². The van der Waals surface area contributed by atoms with E-state index >= 15 is 0 Å². The second kappa shape index (κ2) is 9.09. The van der Waals surface area contributed by atoms with Crippen LogP contribution in [0.1, 0.15) is 43.0 Å². The van der Waals surface area contributed by atoms with E-state index in [2.05, 4.69) is 21.5 Å². The highest BCUT2D eigenvalue weighted by Crippen LogP contribution is 2.35. The van der Waals surface area contributed by atoms with Crippen molar-refractivity contribution in [3.05, 3.63) is 36.0 Å². The van der Waals surface area contributed by atoms with E-state index < -0.39 is 23.5 Å². The monoisotopic (exact) mass is 429 g/mol. The third-order valence-electron chi connectivity index (χ3n) is 5.38. The number of aromatic nitrogens is 3. The molecule has 1 fully saturated rings. The van der Waals surface area contributed by atoms with Crippen LogP contribution in [0.15, 0.2) is 24.5 Å². The summed E-state index contributed by atoms with van der Waals surface area (Å²) in [5.74, 6) is -1.43. The molecular weight excluding hydrogens is 405 g/mol. The standard InChI is InChI=1S/C20H24FN7O3/c1-13(29)10-17(30)27-8-4-20(3-6-22,5-9-27)28-12-15(18(23)31)19(26-28)25-14-2-7-24-16(21)11-14/h2,7,11-13,29H,3-5,8-10H2,1H3,(H2,23,31)(H,24,25,26). The van der Waals surface area contributed by atoms with Crippen molar-refractivity contribution in [2.45, 2.75) is 44.2 Å². The van der Waals surface area contributed by atoms with Crippen molar-refractivity contribution in [2.75, 3.05) is 18.4 Å². The Morgan fingerprint density at radius 3 is 2.74 bits per heavy atom. The normalized spacial score (nSPS) is 16.4. The van der Waals surface area contributed by atoms with Gasteiger partial charge in [-0.25, -0.2) is 4.98 Å². The lowest BCUT2D eigenvalue weighted by atomic mass is 9.84. The molecule has 1 unspecified atom stereocenters. The first-order chi connectivity index (χ1) is 14.7. The quantitative estimate of drug-likeness (QED) is 0.561. The van der Waals surface area contributed by atoms with E-state index in [9.17, 15) is 24.3 Å². The number of pyridine rings is 1. The fourth-order valence-electron chi connectivity index (χ4n) is 3.69. The van der Waals surface area contributed by atoms with Gasteiger partial charge in [0.1, 0.15) is 5.56 Å². The van der Waals surface area contributed by atoms with E-state index in [4.69, 9.17) is 5.73 Å². The van der Waals surface area contributed by atoms with Crippen LogP contribution in [0.5, 0.6) is 0 Å². The molecule has 2 aromatic heterocycles. The van der Waals surface area contributed by atoms with Gasteiger partial charge in [-0.2, -0.15) is 14.8 Å². The van der Waals surface area contributed by atoms with E-state index in [-0.39, 0.29) is 30.1 Å². The molecule has 10 nitrogen and oxygen atoms in total. The average Bonchev–Trinajstić information content (AvgIpc) is 3.13. The van der Waals surface area contributed by atoms with Crippen molar-refractivity contribution in [1.29, 1.82) is 5.26 Å². The number of carbonyl (C=O) groups is 2. The Kier molecular flexibility index (Phi) is 6.50.